The van der Waals surface area contributed by atoms with Gasteiger partial charge in [0.05, 0.1) is 24.1 Å². The third-order valence-corrected chi connectivity index (χ3v) is 5.29. The molecule has 0 aliphatic carbocycles. The van der Waals surface area contributed by atoms with Crippen molar-refractivity contribution < 1.29 is 14.6 Å². The van der Waals surface area contributed by atoms with Crippen molar-refractivity contribution in [3.05, 3.63) is 65.6 Å². The molecule has 0 spiro atoms. The maximum absolute atomic E-state index is 11.9. The van der Waals surface area contributed by atoms with Crippen LogP contribution in [0.15, 0.2) is 48.7 Å². The monoisotopic (exact) mass is 457 g/mol. The van der Waals surface area contributed by atoms with E-state index in [-0.39, 0.29) is 12.5 Å². The second-order valence-electron chi connectivity index (χ2n) is 8.65. The molecule has 2 N–H and O–H groups in total. The lowest BCUT2D eigenvalue weighted by Crippen LogP contribution is -2.27. The fourth-order valence-corrected chi connectivity index (χ4v) is 3.62. The van der Waals surface area contributed by atoms with Crippen LogP contribution in [-0.2, 0) is 16.9 Å². The molecular formula is C24H23N7O3. The lowest BCUT2D eigenvalue weighted by atomic mass is 10.0. The van der Waals surface area contributed by atoms with Crippen molar-refractivity contribution in [1.29, 1.82) is 0 Å². The molecule has 172 valence electrons. The van der Waals surface area contributed by atoms with Gasteiger partial charge in [0, 0.05) is 5.56 Å². The van der Waals surface area contributed by atoms with Gasteiger partial charge in [-0.1, -0.05) is 35.0 Å². The van der Waals surface area contributed by atoms with Crippen LogP contribution in [0.1, 0.15) is 30.8 Å². The number of rotatable bonds is 5. The Kier molecular flexibility index (Phi) is 5.29. The SMILES string of the molecule is Cc1cccc(-c2nc3c(c(-c4cn(Cc5cccc(C(C)(C)O)n5)nn4)n2)OCC(=O)N3)c1. The van der Waals surface area contributed by atoms with Gasteiger partial charge in [-0.25, -0.2) is 14.6 Å². The maximum Gasteiger partial charge on any atom is 0.263 e. The van der Waals surface area contributed by atoms with Gasteiger partial charge in [-0.15, -0.1) is 5.10 Å². The van der Waals surface area contributed by atoms with E-state index < -0.39 is 5.60 Å². The Morgan fingerprint density at radius 2 is 1.97 bits per heavy atom. The second-order valence-corrected chi connectivity index (χ2v) is 8.65. The zero-order valence-corrected chi connectivity index (χ0v) is 19.0. The van der Waals surface area contributed by atoms with Gasteiger partial charge < -0.3 is 15.2 Å². The van der Waals surface area contributed by atoms with Crippen LogP contribution < -0.4 is 10.1 Å². The number of ether oxygens (including phenoxy) is 1. The molecule has 4 heterocycles. The number of hydrogen-bond donors (Lipinski definition) is 2. The first kappa shape index (κ1) is 21.7. The quantitative estimate of drug-likeness (QED) is 0.468. The molecule has 0 radical (unpaired) electrons. The van der Waals surface area contributed by atoms with E-state index in [0.717, 1.165) is 16.8 Å². The highest BCUT2D eigenvalue weighted by Crippen LogP contribution is 2.37. The molecule has 0 saturated heterocycles. The van der Waals surface area contributed by atoms with E-state index in [2.05, 4.69) is 25.6 Å². The molecule has 1 amide bonds. The third-order valence-electron chi connectivity index (χ3n) is 5.29. The maximum atomic E-state index is 11.9. The van der Waals surface area contributed by atoms with Crippen LogP contribution in [0.4, 0.5) is 5.82 Å². The predicted octanol–water partition coefficient (Wildman–Crippen LogP) is 2.71. The molecule has 5 rings (SSSR count). The molecule has 0 bridgehead atoms. The van der Waals surface area contributed by atoms with Crippen molar-refractivity contribution in [2.75, 3.05) is 11.9 Å². The second kappa shape index (κ2) is 8.31. The van der Waals surface area contributed by atoms with Crippen molar-refractivity contribution in [3.8, 4) is 28.5 Å². The van der Waals surface area contributed by atoms with Gasteiger partial charge in [0.25, 0.3) is 5.91 Å². The molecule has 3 aromatic heterocycles. The molecule has 1 aromatic carbocycles. The molecule has 10 heteroatoms. The van der Waals surface area contributed by atoms with Crippen LogP contribution in [0.5, 0.6) is 5.75 Å². The molecule has 34 heavy (non-hydrogen) atoms. The Morgan fingerprint density at radius 3 is 2.76 bits per heavy atom. The van der Waals surface area contributed by atoms with Gasteiger partial charge in [-0.2, -0.15) is 0 Å². The van der Waals surface area contributed by atoms with Gasteiger partial charge in [0.15, 0.2) is 24.0 Å². The number of anilines is 1. The number of nitrogens with one attached hydrogen (secondary N) is 1. The highest BCUT2D eigenvalue weighted by Gasteiger charge is 2.26. The number of aliphatic hydroxyl groups is 1. The van der Waals surface area contributed by atoms with Gasteiger partial charge in [-0.05, 0) is 39.0 Å². The molecule has 0 fully saturated rings. The summed E-state index contributed by atoms with van der Waals surface area (Å²) in [5.74, 6) is 0.808. The van der Waals surface area contributed by atoms with E-state index in [1.165, 1.54) is 0 Å². The molecule has 0 saturated carbocycles. The van der Waals surface area contributed by atoms with Crippen LogP contribution in [0.25, 0.3) is 22.8 Å². The number of nitrogens with zero attached hydrogens (tertiary/aromatic N) is 6. The molecule has 1 aliphatic rings. The van der Waals surface area contributed by atoms with Crippen LogP contribution >= 0.6 is 0 Å². The molecule has 0 atom stereocenters. The summed E-state index contributed by atoms with van der Waals surface area (Å²) in [7, 11) is 0. The fourth-order valence-electron chi connectivity index (χ4n) is 3.62. The number of amides is 1. The fraction of sp³-hybridized carbons (Fsp3) is 0.250. The zero-order valence-electron chi connectivity index (χ0n) is 19.0. The Balaban J connectivity index is 1.52. The normalized spacial score (nSPS) is 13.2. The summed E-state index contributed by atoms with van der Waals surface area (Å²) >= 11 is 0. The molecule has 4 aromatic rings. The third kappa shape index (κ3) is 4.35. The van der Waals surface area contributed by atoms with Crippen molar-refractivity contribution in [1.82, 2.24) is 29.9 Å². The number of hydrogen-bond acceptors (Lipinski definition) is 8. The van der Waals surface area contributed by atoms with Crippen LogP contribution in [0.3, 0.4) is 0 Å². The van der Waals surface area contributed by atoms with Crippen molar-refractivity contribution in [3.63, 3.8) is 0 Å². The number of benzene rings is 1. The first-order valence-electron chi connectivity index (χ1n) is 10.8. The lowest BCUT2D eigenvalue weighted by molar-refractivity contribution is -0.118. The van der Waals surface area contributed by atoms with Crippen molar-refractivity contribution in [2.24, 2.45) is 0 Å². The topological polar surface area (TPSA) is 128 Å². The highest BCUT2D eigenvalue weighted by atomic mass is 16.5. The number of carbonyl (C=O) groups is 1. The number of aromatic nitrogens is 6. The van der Waals surface area contributed by atoms with Crippen molar-refractivity contribution in [2.45, 2.75) is 32.9 Å². The van der Waals surface area contributed by atoms with E-state index in [1.807, 2.05) is 43.3 Å². The Bertz CT molecular complexity index is 1390. The standard InChI is InChI=1S/C24H23N7O3/c1-14-6-4-7-15(10-14)22-27-20(21-23(28-22)26-19(32)13-34-21)17-12-31(30-29-17)11-16-8-5-9-18(25-16)24(2,3)33/h4-10,12,33H,11,13H2,1-3H3,(H,26,27,28,32). The molecular weight excluding hydrogens is 434 g/mol. The Morgan fingerprint density at radius 1 is 1.15 bits per heavy atom. The minimum Gasteiger partial charge on any atom is -0.477 e. The van der Waals surface area contributed by atoms with E-state index >= 15 is 0 Å². The van der Waals surface area contributed by atoms with Crippen LogP contribution in [0.2, 0.25) is 0 Å². The number of carbonyl (C=O) groups excluding carboxylic acids is 1. The summed E-state index contributed by atoms with van der Waals surface area (Å²) < 4.78 is 7.30. The summed E-state index contributed by atoms with van der Waals surface area (Å²) in [6.45, 7) is 5.59. The average molecular weight is 457 g/mol. The number of pyridine rings is 1. The van der Waals surface area contributed by atoms with Crippen LogP contribution in [0, 0.1) is 6.92 Å². The van der Waals surface area contributed by atoms with E-state index in [0.29, 0.717) is 41.0 Å². The molecule has 10 nitrogen and oxygen atoms in total. The summed E-state index contributed by atoms with van der Waals surface area (Å²) in [5, 5.41) is 21.5. The number of fused-ring (bicyclic) bond motifs is 1. The van der Waals surface area contributed by atoms with E-state index in [9.17, 15) is 9.90 Å². The van der Waals surface area contributed by atoms with E-state index in [4.69, 9.17) is 9.72 Å². The summed E-state index contributed by atoms with van der Waals surface area (Å²) in [5.41, 5.74) is 3.04. The summed E-state index contributed by atoms with van der Waals surface area (Å²) in [6, 6.07) is 13.3. The van der Waals surface area contributed by atoms with Gasteiger partial charge in [-0.3, -0.25) is 9.78 Å². The summed E-state index contributed by atoms with van der Waals surface area (Å²) in [6.07, 6.45) is 1.74. The summed E-state index contributed by atoms with van der Waals surface area (Å²) in [4.78, 5) is 25.7. The largest absolute Gasteiger partial charge is 0.477 e. The smallest absolute Gasteiger partial charge is 0.263 e. The lowest BCUT2D eigenvalue weighted by Gasteiger charge is -2.19. The van der Waals surface area contributed by atoms with Crippen LogP contribution in [-0.4, -0.2) is 47.6 Å². The van der Waals surface area contributed by atoms with Gasteiger partial charge in [0.2, 0.25) is 0 Å². The highest BCUT2D eigenvalue weighted by molar-refractivity contribution is 5.96. The zero-order chi connectivity index (χ0) is 23.9. The minimum atomic E-state index is -1.04. The number of aryl methyl sites for hydroxylation is 1. The average Bonchev–Trinajstić information content (AvgIpc) is 3.26. The Hall–Kier alpha value is -4.18. The van der Waals surface area contributed by atoms with Gasteiger partial charge >= 0.3 is 0 Å². The Labute approximate surface area is 195 Å². The van der Waals surface area contributed by atoms with Gasteiger partial charge in [0.1, 0.15) is 17.0 Å². The predicted molar refractivity (Wildman–Crippen MR) is 124 cm³/mol. The molecule has 1 aliphatic heterocycles. The van der Waals surface area contributed by atoms with E-state index in [1.54, 1.807) is 30.8 Å². The molecule has 0 unspecified atom stereocenters. The first-order valence-corrected chi connectivity index (χ1v) is 10.8. The first-order chi connectivity index (χ1) is 16.3. The van der Waals surface area contributed by atoms with Crippen molar-refractivity contribution >= 4 is 11.7 Å². The minimum absolute atomic E-state index is 0.130.